The van der Waals surface area contributed by atoms with Crippen molar-refractivity contribution in [2.24, 2.45) is 0 Å². The first-order valence-corrected chi connectivity index (χ1v) is 33.1. The smallest absolute Gasteiger partial charge is 0.456 e. The quantitative estimate of drug-likeness (QED) is 0.0205. The summed E-state index contributed by atoms with van der Waals surface area (Å²) in [4.78, 5) is 37.7. The van der Waals surface area contributed by atoms with Gasteiger partial charge in [0.2, 0.25) is 5.91 Å². The van der Waals surface area contributed by atoms with E-state index in [0.717, 1.165) is 83.5 Å². The molecule has 75 heavy (non-hydrogen) atoms. The molecule has 0 saturated heterocycles. The SMILES string of the molecule is CCCCC/C=C\C/C=C\C/C=C\CCCCCCC(=O)NC(COP(=O)(O)OCC[N+](C)(C)C)C(/C=C/CCCCCCCCCCC)OC(=O)CCCCCCCCCCCCC/C=C/CCCCCCCC. The average Bonchev–Trinajstić information content (AvgIpc) is 3.37. The van der Waals surface area contributed by atoms with Crippen LogP contribution in [-0.2, 0) is 27.9 Å². The third kappa shape index (κ3) is 56.2. The third-order valence-corrected chi connectivity index (χ3v) is 14.9. The van der Waals surface area contributed by atoms with Crippen LogP contribution in [0.1, 0.15) is 290 Å². The Morgan fingerprint density at radius 2 is 0.813 bits per heavy atom. The minimum absolute atomic E-state index is 0.0347. The highest BCUT2D eigenvalue weighted by atomic mass is 31.2. The molecule has 0 aromatic heterocycles. The zero-order chi connectivity index (χ0) is 55.0. The maximum absolute atomic E-state index is 13.5. The van der Waals surface area contributed by atoms with Gasteiger partial charge in [0.25, 0.3) is 0 Å². The lowest BCUT2D eigenvalue weighted by molar-refractivity contribution is -0.870. The second-order valence-corrected chi connectivity index (χ2v) is 24.0. The first kappa shape index (κ1) is 72.7. The van der Waals surface area contributed by atoms with E-state index >= 15 is 0 Å². The summed E-state index contributed by atoms with van der Waals surface area (Å²) in [5, 5.41) is 3.04. The number of phosphoric acid groups is 1. The van der Waals surface area contributed by atoms with Crippen molar-refractivity contribution in [2.75, 3.05) is 40.9 Å². The van der Waals surface area contributed by atoms with Crippen LogP contribution in [0.4, 0.5) is 0 Å². The van der Waals surface area contributed by atoms with Gasteiger partial charge in [-0.2, -0.15) is 0 Å². The molecule has 1 amide bonds. The number of carbonyl (C=O) groups excluding carboxylic acids is 2. The van der Waals surface area contributed by atoms with E-state index in [-0.39, 0.29) is 31.5 Å². The monoisotopic (exact) mass is 1070 g/mol. The van der Waals surface area contributed by atoms with Crippen molar-refractivity contribution in [1.82, 2.24) is 5.32 Å². The minimum atomic E-state index is -4.45. The van der Waals surface area contributed by atoms with Gasteiger partial charge in [-0.3, -0.25) is 18.6 Å². The van der Waals surface area contributed by atoms with Crippen LogP contribution >= 0.6 is 7.82 Å². The van der Waals surface area contributed by atoms with E-state index in [1.807, 2.05) is 33.3 Å². The summed E-state index contributed by atoms with van der Waals surface area (Å²) in [6.45, 7) is 6.97. The molecule has 0 bridgehead atoms. The first-order valence-electron chi connectivity index (χ1n) is 31.6. The molecule has 0 heterocycles. The highest BCUT2D eigenvalue weighted by Gasteiger charge is 2.30. The highest BCUT2D eigenvalue weighted by Crippen LogP contribution is 2.43. The van der Waals surface area contributed by atoms with Gasteiger partial charge >= 0.3 is 13.8 Å². The fourth-order valence-electron chi connectivity index (χ4n) is 9.00. The number of nitrogens with zero attached hydrogens (tertiary/aromatic N) is 1. The predicted octanol–water partition coefficient (Wildman–Crippen LogP) is 19.4. The van der Waals surface area contributed by atoms with Gasteiger partial charge in [0, 0.05) is 12.8 Å². The van der Waals surface area contributed by atoms with Crippen molar-refractivity contribution < 1.29 is 37.3 Å². The van der Waals surface area contributed by atoms with Gasteiger partial charge < -0.3 is 19.4 Å². The molecule has 0 aliphatic rings. The number of ether oxygens (including phenoxy) is 1. The molecule has 0 aliphatic heterocycles. The number of unbranched alkanes of at least 4 members (excludes halogenated alkanes) is 33. The van der Waals surface area contributed by atoms with Crippen LogP contribution in [0.15, 0.2) is 60.8 Å². The Bertz CT molecular complexity index is 1470. The molecule has 0 saturated carbocycles. The van der Waals surface area contributed by atoms with E-state index < -0.39 is 20.0 Å². The number of nitrogens with one attached hydrogen (secondary N) is 1. The van der Waals surface area contributed by atoms with E-state index in [4.69, 9.17) is 13.8 Å². The van der Waals surface area contributed by atoms with E-state index in [0.29, 0.717) is 17.4 Å². The van der Waals surface area contributed by atoms with Gasteiger partial charge in [0.1, 0.15) is 19.3 Å². The lowest BCUT2D eigenvalue weighted by Gasteiger charge is -2.27. The number of quaternary nitrogens is 1. The molecule has 9 nitrogen and oxygen atoms in total. The molecule has 0 fully saturated rings. The summed E-state index contributed by atoms with van der Waals surface area (Å²) in [7, 11) is 1.48. The van der Waals surface area contributed by atoms with Crippen LogP contribution in [0, 0.1) is 0 Å². The minimum Gasteiger partial charge on any atom is -0.456 e. The molecule has 0 aromatic rings. The molecule has 3 atom stereocenters. The number of phosphoric ester groups is 1. The van der Waals surface area contributed by atoms with Gasteiger partial charge in [-0.05, 0) is 96.0 Å². The second kappa shape index (κ2) is 55.0. The van der Waals surface area contributed by atoms with Crippen LogP contribution in [0.5, 0.6) is 0 Å². The number of esters is 1. The lowest BCUT2D eigenvalue weighted by Crippen LogP contribution is -2.47. The zero-order valence-electron chi connectivity index (χ0n) is 50.0. The van der Waals surface area contributed by atoms with Crippen molar-refractivity contribution in [3.05, 3.63) is 60.8 Å². The number of hydrogen-bond donors (Lipinski definition) is 2. The van der Waals surface area contributed by atoms with Crippen molar-refractivity contribution in [1.29, 1.82) is 0 Å². The first-order chi connectivity index (χ1) is 36.4. The summed E-state index contributed by atoms with van der Waals surface area (Å²) in [5.74, 6) is -0.526. The molecule has 0 rings (SSSR count). The fraction of sp³-hybridized carbons (Fsp3) is 0.815. The van der Waals surface area contributed by atoms with E-state index in [9.17, 15) is 19.0 Å². The largest absolute Gasteiger partial charge is 0.472 e. The van der Waals surface area contributed by atoms with Crippen LogP contribution in [0.25, 0.3) is 0 Å². The average molecular weight is 1070 g/mol. The Hall–Kier alpha value is -2.29. The standard InChI is InChI=1S/C65H121N2O7P/c1-7-10-13-16-19-22-25-27-29-31-32-33-34-36-38-40-43-46-49-52-55-58-65(69)74-63(56-53-50-47-44-41-24-21-18-15-12-9-3)62(61-73-75(70,71)72-60-59-67(4,5)6)66-64(68)57-54-51-48-45-42-39-37-35-30-28-26-23-20-17-14-11-8-2/h20,23,27-30,37,39,53,56,62-63H,7-19,21-22,24-26,31-36,38,40-52,54-55,57-61H2,1-6H3,(H-,66,68,70,71)/p+1/b23-20-,29-27+,30-28-,39-37-,56-53+. The van der Waals surface area contributed by atoms with Gasteiger partial charge in [-0.15, -0.1) is 0 Å². The number of likely N-dealkylation sites (N-methyl/N-ethyl adjacent to an activating group) is 1. The second-order valence-electron chi connectivity index (χ2n) is 22.6. The molecule has 2 N–H and O–H groups in total. The Balaban J connectivity index is 5.21. The predicted molar refractivity (Wildman–Crippen MR) is 323 cm³/mol. The summed E-state index contributed by atoms with van der Waals surface area (Å²) >= 11 is 0. The number of allylic oxidation sites excluding steroid dienone is 9. The molecule has 10 heteroatoms. The van der Waals surface area contributed by atoms with Gasteiger partial charge in [0.05, 0.1) is 33.8 Å². The van der Waals surface area contributed by atoms with Crippen LogP contribution in [0.2, 0.25) is 0 Å². The molecule has 0 aliphatic carbocycles. The van der Waals surface area contributed by atoms with Gasteiger partial charge in [0.15, 0.2) is 0 Å². The molecule has 438 valence electrons. The molecule has 0 spiro atoms. The number of amides is 1. The third-order valence-electron chi connectivity index (χ3n) is 13.9. The van der Waals surface area contributed by atoms with Crippen molar-refractivity contribution in [2.45, 2.75) is 303 Å². The Morgan fingerprint density at radius 3 is 1.25 bits per heavy atom. The maximum Gasteiger partial charge on any atom is 0.472 e. The number of carbonyl (C=O) groups is 2. The highest BCUT2D eigenvalue weighted by molar-refractivity contribution is 7.47. The normalized spacial score (nSPS) is 14.1. The summed E-state index contributed by atoms with van der Waals surface area (Å²) in [5.41, 5.74) is 0. The summed E-state index contributed by atoms with van der Waals surface area (Å²) < 4.78 is 30.7. The lowest BCUT2D eigenvalue weighted by atomic mass is 10.0. The van der Waals surface area contributed by atoms with Crippen LogP contribution < -0.4 is 5.32 Å². The molecule has 0 aromatic carbocycles. The Kier molecular flexibility index (Phi) is 53.4. The van der Waals surface area contributed by atoms with E-state index in [1.165, 1.54) is 173 Å². The van der Waals surface area contributed by atoms with Gasteiger partial charge in [-0.1, -0.05) is 242 Å². The molecule has 0 radical (unpaired) electrons. The molecular formula is C65H122N2O7P+. The van der Waals surface area contributed by atoms with Crippen LogP contribution in [-0.4, -0.2) is 74.3 Å². The van der Waals surface area contributed by atoms with Crippen LogP contribution in [0.3, 0.4) is 0 Å². The number of rotatable bonds is 57. The topological polar surface area (TPSA) is 111 Å². The Morgan fingerprint density at radius 1 is 0.467 bits per heavy atom. The van der Waals surface area contributed by atoms with Crippen molar-refractivity contribution in [3.63, 3.8) is 0 Å². The van der Waals surface area contributed by atoms with Crippen molar-refractivity contribution in [3.8, 4) is 0 Å². The molecular weight excluding hydrogens is 952 g/mol. The maximum atomic E-state index is 13.5. The Labute approximate surface area is 464 Å². The van der Waals surface area contributed by atoms with Gasteiger partial charge in [-0.25, -0.2) is 4.57 Å². The van der Waals surface area contributed by atoms with Crippen molar-refractivity contribution >= 4 is 19.7 Å². The zero-order valence-corrected chi connectivity index (χ0v) is 50.9. The number of hydrogen-bond acceptors (Lipinski definition) is 6. The summed E-state index contributed by atoms with van der Waals surface area (Å²) in [6.07, 6.45) is 69.3. The summed E-state index contributed by atoms with van der Waals surface area (Å²) in [6, 6.07) is -0.860. The molecule has 3 unspecified atom stereocenters. The van der Waals surface area contributed by atoms with E-state index in [2.05, 4.69) is 74.7 Å². The fourth-order valence-corrected chi connectivity index (χ4v) is 9.74. The van der Waals surface area contributed by atoms with E-state index in [1.54, 1.807) is 0 Å².